The third-order valence-corrected chi connectivity index (χ3v) is 2.38. The molecule has 0 heterocycles. The number of non-ortho nitro benzene ring substituents is 1. The van der Waals surface area contributed by atoms with Gasteiger partial charge in [-0.25, -0.2) is 0 Å². The molecular weight excluding hydrogens is 274 g/mol. The van der Waals surface area contributed by atoms with Gasteiger partial charge in [0.05, 0.1) is 4.92 Å². The Morgan fingerprint density at radius 2 is 1.38 bits per heavy atom. The fraction of sp³-hybridized carbons (Fsp3) is 0.0667. The van der Waals surface area contributed by atoms with E-state index in [0.717, 1.165) is 6.92 Å². The minimum Gasteiger partial charge on any atom is -0.481 e. The molecule has 6 heteroatoms. The van der Waals surface area contributed by atoms with Crippen molar-refractivity contribution in [2.75, 3.05) is 0 Å². The van der Waals surface area contributed by atoms with E-state index < -0.39 is 10.9 Å². The summed E-state index contributed by atoms with van der Waals surface area (Å²) >= 11 is 0. The molecule has 2 aromatic rings. The summed E-state index contributed by atoms with van der Waals surface area (Å²) in [5.74, 6) is -0.972. The standard InChI is InChI=1S/C13H9NO3.C2H4O2/c15-13(10-4-2-1-3-5-10)11-6-8-12(9-7-11)14(16)17;1-2(3)4/h1-9H;1H3,(H,3,4). The number of rotatable bonds is 3. The molecule has 6 nitrogen and oxygen atoms in total. The van der Waals surface area contributed by atoms with E-state index in [-0.39, 0.29) is 11.5 Å². The highest BCUT2D eigenvalue weighted by Crippen LogP contribution is 2.15. The fourth-order valence-electron chi connectivity index (χ4n) is 1.49. The van der Waals surface area contributed by atoms with E-state index in [9.17, 15) is 14.9 Å². The molecule has 0 aromatic heterocycles. The molecule has 0 atom stereocenters. The van der Waals surface area contributed by atoms with Crippen LogP contribution in [-0.4, -0.2) is 21.8 Å². The van der Waals surface area contributed by atoms with Crippen LogP contribution in [0.15, 0.2) is 54.6 Å². The van der Waals surface area contributed by atoms with E-state index in [2.05, 4.69) is 0 Å². The van der Waals surface area contributed by atoms with Crippen LogP contribution in [0.5, 0.6) is 0 Å². The minimum absolute atomic E-state index is 0.0189. The Balaban J connectivity index is 0.000000491. The highest BCUT2D eigenvalue weighted by Gasteiger charge is 2.10. The Bertz CT molecular complexity index is 631. The molecule has 21 heavy (non-hydrogen) atoms. The van der Waals surface area contributed by atoms with Crippen LogP contribution in [0, 0.1) is 10.1 Å². The number of carbonyl (C=O) groups excluding carboxylic acids is 1. The molecule has 0 aliphatic rings. The molecule has 0 saturated carbocycles. The maximum Gasteiger partial charge on any atom is 0.300 e. The number of carboxylic acid groups (broad SMARTS) is 1. The summed E-state index contributed by atoms with van der Waals surface area (Å²) in [4.78, 5) is 30.9. The van der Waals surface area contributed by atoms with E-state index in [4.69, 9.17) is 9.90 Å². The van der Waals surface area contributed by atoms with Crippen molar-refractivity contribution in [2.24, 2.45) is 0 Å². The van der Waals surface area contributed by atoms with Gasteiger partial charge in [-0.15, -0.1) is 0 Å². The van der Waals surface area contributed by atoms with Crippen LogP contribution in [0.1, 0.15) is 22.8 Å². The lowest BCUT2D eigenvalue weighted by Crippen LogP contribution is -2.00. The van der Waals surface area contributed by atoms with Gasteiger partial charge in [0, 0.05) is 30.2 Å². The first-order valence-electron chi connectivity index (χ1n) is 5.95. The summed E-state index contributed by atoms with van der Waals surface area (Å²) in [6.07, 6.45) is 0. The maximum atomic E-state index is 12.0. The number of nitro groups is 1. The van der Waals surface area contributed by atoms with Gasteiger partial charge in [0.25, 0.3) is 11.7 Å². The zero-order chi connectivity index (χ0) is 15.8. The fourth-order valence-corrected chi connectivity index (χ4v) is 1.49. The second-order valence-electron chi connectivity index (χ2n) is 4.02. The Labute approximate surface area is 120 Å². The number of benzene rings is 2. The highest BCUT2D eigenvalue weighted by atomic mass is 16.6. The molecule has 0 saturated heterocycles. The summed E-state index contributed by atoms with van der Waals surface area (Å²) in [6.45, 7) is 1.08. The topological polar surface area (TPSA) is 97.5 Å². The first-order chi connectivity index (χ1) is 9.91. The van der Waals surface area contributed by atoms with Crippen LogP contribution in [0.4, 0.5) is 5.69 Å². The van der Waals surface area contributed by atoms with Gasteiger partial charge in [-0.3, -0.25) is 19.7 Å². The molecule has 0 bridgehead atoms. The Kier molecular flexibility index (Phi) is 5.76. The Morgan fingerprint density at radius 3 is 1.81 bits per heavy atom. The number of ketones is 1. The molecular formula is C15H13NO5. The zero-order valence-corrected chi connectivity index (χ0v) is 11.2. The number of aliphatic carboxylic acids is 1. The van der Waals surface area contributed by atoms with E-state index in [0.29, 0.717) is 11.1 Å². The maximum absolute atomic E-state index is 12.0. The molecule has 0 fully saturated rings. The first-order valence-corrected chi connectivity index (χ1v) is 5.95. The predicted molar refractivity (Wildman–Crippen MR) is 76.3 cm³/mol. The molecule has 0 spiro atoms. The van der Waals surface area contributed by atoms with E-state index in [1.165, 1.54) is 24.3 Å². The van der Waals surface area contributed by atoms with Crippen molar-refractivity contribution in [3.63, 3.8) is 0 Å². The first kappa shape index (κ1) is 16.0. The van der Waals surface area contributed by atoms with Gasteiger partial charge >= 0.3 is 0 Å². The van der Waals surface area contributed by atoms with Crippen LogP contribution < -0.4 is 0 Å². The van der Waals surface area contributed by atoms with E-state index >= 15 is 0 Å². The van der Waals surface area contributed by atoms with E-state index in [1.807, 2.05) is 6.07 Å². The van der Waals surface area contributed by atoms with Gasteiger partial charge in [0.1, 0.15) is 0 Å². The smallest absolute Gasteiger partial charge is 0.300 e. The van der Waals surface area contributed by atoms with Crippen molar-refractivity contribution in [1.29, 1.82) is 0 Å². The van der Waals surface area contributed by atoms with E-state index in [1.54, 1.807) is 24.3 Å². The third kappa shape index (κ3) is 5.23. The third-order valence-electron chi connectivity index (χ3n) is 2.38. The number of hydrogen-bond acceptors (Lipinski definition) is 4. The summed E-state index contributed by atoms with van der Waals surface area (Å²) < 4.78 is 0. The summed E-state index contributed by atoms with van der Waals surface area (Å²) in [6, 6.07) is 14.4. The quantitative estimate of drug-likeness (QED) is 0.531. The van der Waals surface area contributed by atoms with Crippen molar-refractivity contribution in [1.82, 2.24) is 0 Å². The van der Waals surface area contributed by atoms with Gasteiger partial charge in [-0.2, -0.15) is 0 Å². The van der Waals surface area contributed by atoms with Gasteiger partial charge in [-0.1, -0.05) is 30.3 Å². The van der Waals surface area contributed by atoms with Crippen LogP contribution >= 0.6 is 0 Å². The van der Waals surface area contributed by atoms with Crippen LogP contribution in [0.25, 0.3) is 0 Å². The molecule has 0 aliphatic heterocycles. The second kappa shape index (κ2) is 7.54. The summed E-state index contributed by atoms with van der Waals surface area (Å²) in [7, 11) is 0. The molecule has 0 radical (unpaired) electrons. The molecule has 0 unspecified atom stereocenters. The van der Waals surface area contributed by atoms with Crippen LogP contribution in [0.2, 0.25) is 0 Å². The summed E-state index contributed by atoms with van der Waals surface area (Å²) in [5.41, 5.74) is 0.998. The Morgan fingerprint density at radius 1 is 0.952 bits per heavy atom. The largest absolute Gasteiger partial charge is 0.481 e. The Hall–Kier alpha value is -3.02. The number of carboxylic acids is 1. The van der Waals surface area contributed by atoms with Crippen molar-refractivity contribution >= 4 is 17.4 Å². The molecule has 2 rings (SSSR count). The number of nitrogens with zero attached hydrogens (tertiary/aromatic N) is 1. The predicted octanol–water partition coefficient (Wildman–Crippen LogP) is 2.92. The zero-order valence-electron chi connectivity index (χ0n) is 11.2. The lowest BCUT2D eigenvalue weighted by atomic mass is 10.0. The average Bonchev–Trinajstić information content (AvgIpc) is 2.47. The van der Waals surface area contributed by atoms with Gasteiger partial charge in [-0.05, 0) is 12.1 Å². The van der Waals surface area contributed by atoms with Gasteiger partial charge in [0.15, 0.2) is 5.78 Å². The molecule has 108 valence electrons. The van der Waals surface area contributed by atoms with Crippen molar-refractivity contribution in [3.05, 3.63) is 75.8 Å². The molecule has 1 N–H and O–H groups in total. The average molecular weight is 287 g/mol. The lowest BCUT2D eigenvalue weighted by Gasteiger charge is -2.00. The highest BCUT2D eigenvalue weighted by molar-refractivity contribution is 6.09. The molecule has 2 aromatic carbocycles. The second-order valence-corrected chi connectivity index (χ2v) is 4.02. The SMILES string of the molecule is CC(=O)O.O=C(c1ccccc1)c1ccc([N+](=O)[O-])cc1. The number of hydrogen-bond donors (Lipinski definition) is 1. The van der Waals surface area contributed by atoms with Gasteiger partial charge < -0.3 is 5.11 Å². The van der Waals surface area contributed by atoms with Crippen LogP contribution in [0.3, 0.4) is 0 Å². The lowest BCUT2D eigenvalue weighted by molar-refractivity contribution is -0.384. The van der Waals surface area contributed by atoms with Crippen molar-refractivity contribution in [3.8, 4) is 0 Å². The molecule has 0 aliphatic carbocycles. The number of carbonyl (C=O) groups is 2. The van der Waals surface area contributed by atoms with Crippen molar-refractivity contribution in [2.45, 2.75) is 6.92 Å². The van der Waals surface area contributed by atoms with Gasteiger partial charge in [0.2, 0.25) is 0 Å². The molecule has 0 amide bonds. The monoisotopic (exact) mass is 287 g/mol. The van der Waals surface area contributed by atoms with Crippen molar-refractivity contribution < 1.29 is 19.6 Å². The van der Waals surface area contributed by atoms with Crippen LogP contribution in [-0.2, 0) is 4.79 Å². The summed E-state index contributed by atoms with van der Waals surface area (Å²) in [5, 5.41) is 17.9. The normalized spacial score (nSPS) is 9.19. The number of nitro benzene ring substituents is 1. The minimum atomic E-state index is -0.833.